The molecule has 0 radical (unpaired) electrons. The van der Waals surface area contributed by atoms with E-state index in [2.05, 4.69) is 10.2 Å². The van der Waals surface area contributed by atoms with Gasteiger partial charge in [0.05, 0.1) is 0 Å². The Morgan fingerprint density at radius 3 is 2.47 bits per heavy atom. The number of halogens is 1. The van der Waals surface area contributed by atoms with E-state index in [4.69, 9.17) is 10.7 Å². The molecule has 0 aliphatic carbocycles. The highest BCUT2D eigenvalue weighted by atomic mass is 35.7. The van der Waals surface area contributed by atoms with Crippen molar-refractivity contribution >= 4 is 19.7 Å². The molecule has 0 atom stereocenters. The first kappa shape index (κ1) is 14.4. The zero-order valence-electron chi connectivity index (χ0n) is 10.2. The van der Waals surface area contributed by atoms with Crippen molar-refractivity contribution in [2.24, 2.45) is 0 Å². The van der Waals surface area contributed by atoms with Gasteiger partial charge in [0.25, 0.3) is 14.2 Å². The maximum absolute atomic E-state index is 11.3. The number of nitrogens with zero attached hydrogens (tertiary/aromatic N) is 4. The lowest BCUT2D eigenvalue weighted by Gasteiger charge is -2.10. The molecular weight excluding hydrogens is 264 g/mol. The Labute approximate surface area is 106 Å². The minimum atomic E-state index is -3.83. The lowest BCUT2D eigenvalue weighted by molar-refractivity contribution is 0.403. The minimum Gasteiger partial charge on any atom is -0.309 e. The van der Waals surface area contributed by atoms with Gasteiger partial charge in [0, 0.05) is 30.2 Å². The lowest BCUT2D eigenvalue weighted by Crippen LogP contribution is -2.18. The fourth-order valence-corrected chi connectivity index (χ4v) is 2.40. The van der Waals surface area contributed by atoms with E-state index in [-0.39, 0.29) is 5.16 Å². The Kier molecular flexibility index (Phi) is 4.91. The van der Waals surface area contributed by atoms with Crippen LogP contribution in [-0.4, -0.2) is 48.7 Å². The van der Waals surface area contributed by atoms with Crippen molar-refractivity contribution in [3.05, 3.63) is 5.82 Å². The van der Waals surface area contributed by atoms with Crippen molar-refractivity contribution in [2.75, 3.05) is 20.6 Å². The Balaban J connectivity index is 3.02. The summed E-state index contributed by atoms with van der Waals surface area (Å²) in [4.78, 5) is 2.00. The van der Waals surface area contributed by atoms with E-state index in [9.17, 15) is 8.42 Å². The van der Waals surface area contributed by atoms with Crippen LogP contribution in [0.2, 0.25) is 0 Å². The molecule has 0 saturated heterocycles. The largest absolute Gasteiger partial charge is 0.309 e. The van der Waals surface area contributed by atoms with Crippen molar-refractivity contribution in [1.29, 1.82) is 0 Å². The standard InChI is InChI=1S/C9H17ClN4O2S/c1-4-6-14-8(5-7-13(2)3)11-12-9(14)17(10,15)16/h4-7H2,1-3H3. The number of rotatable bonds is 6. The summed E-state index contributed by atoms with van der Waals surface area (Å²) in [5.41, 5.74) is 0. The molecule has 0 saturated carbocycles. The number of likely N-dealkylation sites (N-methyl/N-ethyl adjacent to an activating group) is 1. The molecule has 0 spiro atoms. The Hall–Kier alpha value is -0.660. The molecule has 1 heterocycles. The summed E-state index contributed by atoms with van der Waals surface area (Å²) in [6.45, 7) is 3.29. The highest BCUT2D eigenvalue weighted by molar-refractivity contribution is 8.13. The van der Waals surface area contributed by atoms with Crippen LogP contribution in [0.25, 0.3) is 0 Å². The monoisotopic (exact) mass is 280 g/mol. The first-order valence-electron chi connectivity index (χ1n) is 5.37. The van der Waals surface area contributed by atoms with E-state index in [0.717, 1.165) is 13.0 Å². The molecule has 1 rings (SSSR count). The fourth-order valence-electron chi connectivity index (χ4n) is 1.46. The molecule has 0 bridgehead atoms. The second-order valence-corrected chi connectivity index (χ2v) is 6.50. The van der Waals surface area contributed by atoms with Crippen LogP contribution < -0.4 is 0 Å². The van der Waals surface area contributed by atoms with E-state index < -0.39 is 9.05 Å². The predicted molar refractivity (Wildman–Crippen MR) is 65.6 cm³/mol. The molecule has 1 aromatic rings. The number of hydrogen-bond acceptors (Lipinski definition) is 5. The van der Waals surface area contributed by atoms with Gasteiger partial charge >= 0.3 is 0 Å². The zero-order valence-corrected chi connectivity index (χ0v) is 11.8. The summed E-state index contributed by atoms with van der Waals surface area (Å²) in [6, 6.07) is 0. The molecule has 6 nitrogen and oxygen atoms in total. The van der Waals surface area contributed by atoms with Gasteiger partial charge in [-0.2, -0.15) is 0 Å². The van der Waals surface area contributed by atoms with Gasteiger partial charge in [-0.05, 0) is 20.5 Å². The van der Waals surface area contributed by atoms with E-state index in [1.807, 2.05) is 25.9 Å². The highest BCUT2D eigenvalue weighted by Crippen LogP contribution is 2.15. The van der Waals surface area contributed by atoms with Gasteiger partial charge in [0.1, 0.15) is 5.82 Å². The van der Waals surface area contributed by atoms with E-state index in [0.29, 0.717) is 18.8 Å². The SMILES string of the molecule is CCCn1c(CCN(C)C)nnc1S(=O)(=O)Cl. The molecule has 0 aliphatic rings. The van der Waals surface area contributed by atoms with Crippen LogP contribution in [0.5, 0.6) is 0 Å². The maximum atomic E-state index is 11.3. The Morgan fingerprint density at radius 1 is 1.35 bits per heavy atom. The van der Waals surface area contributed by atoms with Crippen LogP contribution in [0.1, 0.15) is 19.2 Å². The van der Waals surface area contributed by atoms with E-state index >= 15 is 0 Å². The lowest BCUT2D eigenvalue weighted by atomic mass is 10.3. The third kappa shape index (κ3) is 3.93. The summed E-state index contributed by atoms with van der Waals surface area (Å²) in [6.07, 6.45) is 1.44. The second kappa shape index (κ2) is 5.79. The molecule has 0 amide bonds. The highest BCUT2D eigenvalue weighted by Gasteiger charge is 2.21. The predicted octanol–water partition coefficient (Wildman–Crippen LogP) is 0.720. The smallest absolute Gasteiger partial charge is 0.296 e. The molecule has 0 aromatic carbocycles. The number of hydrogen-bond donors (Lipinski definition) is 0. The molecule has 0 unspecified atom stereocenters. The van der Waals surface area contributed by atoms with Crippen molar-refractivity contribution in [1.82, 2.24) is 19.7 Å². The molecule has 0 fully saturated rings. The average Bonchev–Trinajstić information content (AvgIpc) is 2.58. The quantitative estimate of drug-likeness (QED) is 0.718. The Morgan fingerprint density at radius 2 is 2.00 bits per heavy atom. The van der Waals surface area contributed by atoms with Crippen LogP contribution >= 0.6 is 10.7 Å². The molecule has 8 heteroatoms. The summed E-state index contributed by atoms with van der Waals surface area (Å²) >= 11 is 0. The summed E-state index contributed by atoms with van der Waals surface area (Å²) < 4.78 is 24.2. The molecule has 0 N–H and O–H groups in total. The summed E-state index contributed by atoms with van der Waals surface area (Å²) in [7, 11) is 5.38. The third-order valence-corrected chi connectivity index (χ3v) is 3.39. The maximum Gasteiger partial charge on any atom is 0.296 e. The zero-order chi connectivity index (χ0) is 13.1. The molecule has 98 valence electrons. The molecule has 0 aliphatic heterocycles. The van der Waals surface area contributed by atoms with Gasteiger partial charge in [0.15, 0.2) is 0 Å². The van der Waals surface area contributed by atoms with Gasteiger partial charge in [-0.3, -0.25) is 0 Å². The van der Waals surface area contributed by atoms with Gasteiger partial charge in [-0.1, -0.05) is 6.92 Å². The van der Waals surface area contributed by atoms with Gasteiger partial charge in [-0.15, -0.1) is 10.2 Å². The normalized spacial score (nSPS) is 12.3. The fraction of sp³-hybridized carbons (Fsp3) is 0.778. The number of aromatic nitrogens is 3. The van der Waals surface area contributed by atoms with Crippen molar-refractivity contribution in [3.8, 4) is 0 Å². The van der Waals surface area contributed by atoms with Crippen LogP contribution in [0.4, 0.5) is 0 Å². The van der Waals surface area contributed by atoms with Crippen LogP contribution in [-0.2, 0) is 22.0 Å². The van der Waals surface area contributed by atoms with Gasteiger partial charge < -0.3 is 9.47 Å². The van der Waals surface area contributed by atoms with Crippen LogP contribution in [0.3, 0.4) is 0 Å². The van der Waals surface area contributed by atoms with E-state index in [1.54, 1.807) is 4.57 Å². The first-order valence-corrected chi connectivity index (χ1v) is 7.68. The van der Waals surface area contributed by atoms with E-state index in [1.165, 1.54) is 0 Å². The first-order chi connectivity index (χ1) is 7.86. The molecule has 17 heavy (non-hydrogen) atoms. The van der Waals surface area contributed by atoms with Crippen molar-refractivity contribution in [2.45, 2.75) is 31.5 Å². The minimum absolute atomic E-state index is 0.158. The molecular formula is C9H17ClN4O2S. The average molecular weight is 281 g/mol. The third-order valence-electron chi connectivity index (χ3n) is 2.24. The summed E-state index contributed by atoms with van der Waals surface area (Å²) in [5.74, 6) is 0.653. The topological polar surface area (TPSA) is 68.1 Å². The van der Waals surface area contributed by atoms with Crippen LogP contribution in [0, 0.1) is 0 Å². The van der Waals surface area contributed by atoms with Crippen LogP contribution in [0.15, 0.2) is 5.16 Å². The van der Waals surface area contributed by atoms with Crippen molar-refractivity contribution < 1.29 is 8.42 Å². The summed E-state index contributed by atoms with van der Waals surface area (Å²) in [5, 5.41) is 7.40. The second-order valence-electron chi connectivity index (χ2n) is 4.04. The van der Waals surface area contributed by atoms with Gasteiger partial charge in [0.2, 0.25) is 0 Å². The molecule has 1 aromatic heterocycles. The van der Waals surface area contributed by atoms with Crippen molar-refractivity contribution in [3.63, 3.8) is 0 Å². The van der Waals surface area contributed by atoms with Gasteiger partial charge in [-0.25, -0.2) is 8.42 Å². The Bertz CT molecular complexity index is 469.